The molecule has 0 radical (unpaired) electrons. The maximum absolute atomic E-state index is 12.0. The van der Waals surface area contributed by atoms with E-state index in [1.54, 1.807) is 25.1 Å². The number of sulfonamides is 1. The summed E-state index contributed by atoms with van der Waals surface area (Å²) in [6, 6.07) is 7.02. The van der Waals surface area contributed by atoms with Crippen molar-refractivity contribution < 1.29 is 8.42 Å². The first-order valence-corrected chi connectivity index (χ1v) is 8.29. The molecule has 0 aliphatic carbocycles. The lowest BCUT2D eigenvalue weighted by Crippen LogP contribution is -2.25. The smallest absolute Gasteiger partial charge is 0.211 e. The SMILES string of the molecule is Cc1ccccc1S(=O)(=O)NCCCCCBr. The van der Waals surface area contributed by atoms with Crippen LogP contribution in [0.4, 0.5) is 0 Å². The molecule has 0 bridgehead atoms. The summed E-state index contributed by atoms with van der Waals surface area (Å²) in [6.45, 7) is 2.31. The molecule has 0 heterocycles. The molecule has 0 spiro atoms. The number of halogens is 1. The zero-order chi connectivity index (χ0) is 12.7. The third-order valence-electron chi connectivity index (χ3n) is 2.49. The van der Waals surface area contributed by atoms with E-state index in [0.717, 1.165) is 30.2 Å². The van der Waals surface area contributed by atoms with Crippen molar-refractivity contribution in [1.29, 1.82) is 0 Å². The molecule has 3 nitrogen and oxygen atoms in total. The number of unbranched alkanes of at least 4 members (excludes halogenated alkanes) is 2. The van der Waals surface area contributed by atoms with Crippen molar-refractivity contribution in [2.24, 2.45) is 0 Å². The summed E-state index contributed by atoms with van der Waals surface area (Å²) in [4.78, 5) is 0.375. The lowest BCUT2D eigenvalue weighted by atomic mass is 10.2. The number of hydrogen-bond acceptors (Lipinski definition) is 2. The molecule has 0 unspecified atom stereocenters. The largest absolute Gasteiger partial charge is 0.240 e. The highest BCUT2D eigenvalue weighted by Crippen LogP contribution is 2.13. The van der Waals surface area contributed by atoms with Crippen LogP contribution in [0, 0.1) is 6.92 Å². The van der Waals surface area contributed by atoms with Crippen LogP contribution in [0.3, 0.4) is 0 Å². The monoisotopic (exact) mass is 319 g/mol. The zero-order valence-corrected chi connectivity index (χ0v) is 12.4. The number of rotatable bonds is 7. The molecule has 0 atom stereocenters. The second-order valence-electron chi connectivity index (χ2n) is 3.91. The number of aryl methyl sites for hydroxylation is 1. The molecule has 1 aromatic rings. The number of nitrogens with one attached hydrogen (secondary N) is 1. The molecule has 0 fully saturated rings. The van der Waals surface area contributed by atoms with Gasteiger partial charge in [0, 0.05) is 11.9 Å². The van der Waals surface area contributed by atoms with Crippen LogP contribution in [0.2, 0.25) is 0 Å². The molecule has 0 aliphatic heterocycles. The Hall–Kier alpha value is -0.390. The van der Waals surface area contributed by atoms with Gasteiger partial charge in [-0.2, -0.15) is 0 Å². The van der Waals surface area contributed by atoms with E-state index in [2.05, 4.69) is 20.7 Å². The van der Waals surface area contributed by atoms with E-state index in [9.17, 15) is 8.42 Å². The van der Waals surface area contributed by atoms with Gasteiger partial charge in [-0.15, -0.1) is 0 Å². The normalized spacial score (nSPS) is 11.6. The Labute approximate surface area is 112 Å². The fourth-order valence-corrected chi connectivity index (χ4v) is 3.25. The summed E-state index contributed by atoms with van der Waals surface area (Å²) in [7, 11) is -3.34. The molecule has 1 N–H and O–H groups in total. The number of hydrogen-bond donors (Lipinski definition) is 1. The van der Waals surface area contributed by atoms with E-state index in [1.807, 2.05) is 6.07 Å². The van der Waals surface area contributed by atoms with Gasteiger partial charge in [0.1, 0.15) is 0 Å². The molecule has 17 heavy (non-hydrogen) atoms. The molecule has 0 aliphatic rings. The molecule has 5 heteroatoms. The van der Waals surface area contributed by atoms with Crippen LogP contribution in [0.5, 0.6) is 0 Å². The summed E-state index contributed by atoms with van der Waals surface area (Å²) in [5, 5.41) is 0.970. The van der Waals surface area contributed by atoms with Crippen LogP contribution in [-0.4, -0.2) is 20.3 Å². The lowest BCUT2D eigenvalue weighted by Gasteiger charge is -2.08. The van der Waals surface area contributed by atoms with Gasteiger partial charge in [-0.25, -0.2) is 13.1 Å². The molecule has 0 saturated heterocycles. The van der Waals surface area contributed by atoms with Gasteiger partial charge in [0.2, 0.25) is 10.0 Å². The standard InChI is InChI=1S/C12H18BrNO2S/c1-11-7-3-4-8-12(11)17(15,16)14-10-6-2-5-9-13/h3-4,7-8,14H,2,5-6,9-10H2,1H3. The first-order chi connectivity index (χ1) is 8.08. The number of alkyl halides is 1. The molecule has 0 saturated carbocycles. The first kappa shape index (κ1) is 14.7. The van der Waals surface area contributed by atoms with Crippen molar-refractivity contribution in [2.75, 3.05) is 11.9 Å². The molecular weight excluding hydrogens is 302 g/mol. The van der Waals surface area contributed by atoms with Crippen LogP contribution in [0.1, 0.15) is 24.8 Å². The topological polar surface area (TPSA) is 46.2 Å². The average molecular weight is 320 g/mol. The Morgan fingerprint density at radius 2 is 1.88 bits per heavy atom. The maximum atomic E-state index is 12.0. The van der Waals surface area contributed by atoms with Crippen molar-refractivity contribution in [3.63, 3.8) is 0 Å². The molecular formula is C12H18BrNO2S. The van der Waals surface area contributed by atoms with Gasteiger partial charge in [-0.1, -0.05) is 40.5 Å². The van der Waals surface area contributed by atoms with Gasteiger partial charge in [-0.05, 0) is 31.4 Å². The quantitative estimate of drug-likeness (QED) is 0.620. The highest BCUT2D eigenvalue weighted by atomic mass is 79.9. The highest BCUT2D eigenvalue weighted by molar-refractivity contribution is 9.09. The minimum Gasteiger partial charge on any atom is -0.211 e. The maximum Gasteiger partial charge on any atom is 0.240 e. The van der Waals surface area contributed by atoms with Crippen LogP contribution in [0.15, 0.2) is 29.2 Å². The summed E-state index contributed by atoms with van der Waals surface area (Å²) >= 11 is 3.35. The predicted octanol–water partition coefficient (Wildman–Crippen LogP) is 2.84. The fourth-order valence-electron chi connectivity index (χ4n) is 1.54. The third-order valence-corrected chi connectivity index (χ3v) is 4.67. The van der Waals surface area contributed by atoms with Crippen LogP contribution in [-0.2, 0) is 10.0 Å². The second kappa shape index (κ2) is 7.13. The van der Waals surface area contributed by atoms with E-state index < -0.39 is 10.0 Å². The molecule has 1 aromatic carbocycles. The fraction of sp³-hybridized carbons (Fsp3) is 0.500. The third kappa shape index (κ3) is 4.77. The summed E-state index contributed by atoms with van der Waals surface area (Å²) in [5.41, 5.74) is 0.778. The minimum absolute atomic E-state index is 0.375. The van der Waals surface area contributed by atoms with Crippen molar-refractivity contribution in [3.05, 3.63) is 29.8 Å². The van der Waals surface area contributed by atoms with E-state index in [-0.39, 0.29) is 0 Å². The average Bonchev–Trinajstić information content (AvgIpc) is 2.29. The van der Waals surface area contributed by atoms with Gasteiger partial charge in [0.15, 0.2) is 0 Å². The Morgan fingerprint density at radius 1 is 1.18 bits per heavy atom. The molecule has 1 rings (SSSR count). The van der Waals surface area contributed by atoms with Gasteiger partial charge >= 0.3 is 0 Å². The minimum atomic E-state index is -3.34. The van der Waals surface area contributed by atoms with Crippen molar-refractivity contribution >= 4 is 26.0 Å². The second-order valence-corrected chi connectivity index (χ2v) is 6.44. The van der Waals surface area contributed by atoms with Crippen LogP contribution >= 0.6 is 15.9 Å². The molecule has 96 valence electrons. The number of benzene rings is 1. The summed E-state index contributed by atoms with van der Waals surface area (Å²) < 4.78 is 26.6. The van der Waals surface area contributed by atoms with Gasteiger partial charge in [0.05, 0.1) is 4.90 Å². The highest BCUT2D eigenvalue weighted by Gasteiger charge is 2.14. The van der Waals surface area contributed by atoms with E-state index >= 15 is 0 Å². The summed E-state index contributed by atoms with van der Waals surface area (Å²) in [6.07, 6.45) is 2.98. The van der Waals surface area contributed by atoms with Gasteiger partial charge < -0.3 is 0 Å². The van der Waals surface area contributed by atoms with Crippen LogP contribution in [0.25, 0.3) is 0 Å². The Kier molecular flexibility index (Phi) is 6.16. The molecule has 0 amide bonds. The Balaban J connectivity index is 2.55. The Morgan fingerprint density at radius 3 is 2.53 bits per heavy atom. The van der Waals surface area contributed by atoms with Gasteiger partial charge in [-0.3, -0.25) is 0 Å². The molecule has 0 aromatic heterocycles. The van der Waals surface area contributed by atoms with Gasteiger partial charge in [0.25, 0.3) is 0 Å². The zero-order valence-electron chi connectivity index (χ0n) is 9.95. The van der Waals surface area contributed by atoms with E-state index in [0.29, 0.717) is 11.4 Å². The lowest BCUT2D eigenvalue weighted by molar-refractivity contribution is 0.575. The van der Waals surface area contributed by atoms with Crippen molar-refractivity contribution in [1.82, 2.24) is 4.72 Å². The van der Waals surface area contributed by atoms with E-state index in [4.69, 9.17) is 0 Å². The first-order valence-electron chi connectivity index (χ1n) is 5.69. The van der Waals surface area contributed by atoms with Crippen LogP contribution < -0.4 is 4.72 Å². The Bertz CT molecular complexity index is 446. The van der Waals surface area contributed by atoms with E-state index in [1.165, 1.54) is 0 Å². The predicted molar refractivity (Wildman–Crippen MR) is 74.0 cm³/mol. The summed E-state index contributed by atoms with van der Waals surface area (Å²) in [5.74, 6) is 0. The van der Waals surface area contributed by atoms with Crippen molar-refractivity contribution in [2.45, 2.75) is 31.1 Å². The van der Waals surface area contributed by atoms with Crippen molar-refractivity contribution in [3.8, 4) is 0 Å².